The highest BCUT2D eigenvalue weighted by atomic mass is 16.6. The standard InChI is InChI=1S/C18H20N4O5/c1-3-21(11-17(23)20-13-5-4-6-14(10-13)27-2)18(24)12-7-8-15(19)16(9-12)22(25)26/h4-10H,3,11,19H2,1-2H3,(H,20,23). The molecule has 27 heavy (non-hydrogen) atoms. The monoisotopic (exact) mass is 372 g/mol. The minimum Gasteiger partial charge on any atom is -0.497 e. The van der Waals surface area contributed by atoms with Gasteiger partial charge in [-0.1, -0.05) is 6.07 Å². The van der Waals surface area contributed by atoms with Crippen molar-refractivity contribution in [2.45, 2.75) is 6.92 Å². The molecule has 0 radical (unpaired) electrons. The molecule has 0 aromatic heterocycles. The maximum atomic E-state index is 12.6. The fourth-order valence-electron chi connectivity index (χ4n) is 2.42. The molecule has 9 nitrogen and oxygen atoms in total. The van der Waals surface area contributed by atoms with Crippen molar-refractivity contribution in [3.63, 3.8) is 0 Å². The SMILES string of the molecule is CCN(CC(=O)Nc1cccc(OC)c1)C(=O)c1ccc(N)c([N+](=O)[O-])c1. The van der Waals surface area contributed by atoms with Gasteiger partial charge in [0.25, 0.3) is 11.6 Å². The van der Waals surface area contributed by atoms with Gasteiger partial charge in [-0.25, -0.2) is 0 Å². The number of nitrogen functional groups attached to an aromatic ring is 1. The summed E-state index contributed by atoms with van der Waals surface area (Å²) >= 11 is 0. The number of nitro groups is 1. The number of hydrogen-bond acceptors (Lipinski definition) is 6. The highest BCUT2D eigenvalue weighted by Crippen LogP contribution is 2.23. The largest absolute Gasteiger partial charge is 0.497 e. The molecule has 2 aromatic rings. The average molecular weight is 372 g/mol. The third-order valence-corrected chi connectivity index (χ3v) is 3.83. The van der Waals surface area contributed by atoms with E-state index in [1.165, 1.54) is 24.1 Å². The molecule has 0 saturated heterocycles. The van der Waals surface area contributed by atoms with Gasteiger partial charge >= 0.3 is 0 Å². The lowest BCUT2D eigenvalue weighted by atomic mass is 10.1. The number of nitrogens with one attached hydrogen (secondary N) is 1. The molecular weight excluding hydrogens is 352 g/mol. The minimum atomic E-state index is -0.655. The second kappa shape index (κ2) is 8.65. The molecule has 0 spiro atoms. The number of likely N-dealkylation sites (N-methyl/N-ethyl adjacent to an activating group) is 1. The van der Waals surface area contributed by atoms with E-state index in [-0.39, 0.29) is 30.0 Å². The second-order valence-electron chi connectivity index (χ2n) is 5.63. The molecule has 142 valence electrons. The summed E-state index contributed by atoms with van der Waals surface area (Å²) in [6.07, 6.45) is 0. The molecule has 0 atom stereocenters. The zero-order valence-electron chi connectivity index (χ0n) is 15.0. The normalized spacial score (nSPS) is 10.1. The zero-order valence-corrected chi connectivity index (χ0v) is 15.0. The lowest BCUT2D eigenvalue weighted by Gasteiger charge is -2.20. The number of methoxy groups -OCH3 is 1. The molecule has 2 amide bonds. The van der Waals surface area contributed by atoms with Crippen molar-refractivity contribution < 1.29 is 19.2 Å². The van der Waals surface area contributed by atoms with E-state index in [1.54, 1.807) is 31.2 Å². The summed E-state index contributed by atoms with van der Waals surface area (Å²) in [5.41, 5.74) is 5.79. The highest BCUT2D eigenvalue weighted by Gasteiger charge is 2.21. The fourth-order valence-corrected chi connectivity index (χ4v) is 2.42. The van der Waals surface area contributed by atoms with Crippen molar-refractivity contribution in [1.29, 1.82) is 0 Å². The first-order valence-electron chi connectivity index (χ1n) is 8.12. The number of carbonyl (C=O) groups excluding carboxylic acids is 2. The Bertz CT molecular complexity index is 869. The van der Waals surface area contributed by atoms with Crippen LogP contribution < -0.4 is 15.8 Å². The van der Waals surface area contributed by atoms with Crippen LogP contribution in [0.2, 0.25) is 0 Å². The van der Waals surface area contributed by atoms with Gasteiger partial charge in [-0.15, -0.1) is 0 Å². The van der Waals surface area contributed by atoms with Crippen molar-refractivity contribution >= 4 is 28.9 Å². The van der Waals surface area contributed by atoms with Crippen molar-refractivity contribution in [2.75, 3.05) is 31.2 Å². The topological polar surface area (TPSA) is 128 Å². The molecular formula is C18H20N4O5. The summed E-state index contributed by atoms with van der Waals surface area (Å²) < 4.78 is 5.09. The van der Waals surface area contributed by atoms with E-state index in [1.807, 2.05) is 0 Å². The molecule has 0 aliphatic carbocycles. The molecule has 0 aliphatic rings. The Hall–Kier alpha value is -3.62. The molecule has 0 aliphatic heterocycles. The second-order valence-corrected chi connectivity index (χ2v) is 5.63. The lowest BCUT2D eigenvalue weighted by Crippen LogP contribution is -2.37. The van der Waals surface area contributed by atoms with Gasteiger partial charge < -0.3 is 20.7 Å². The fraction of sp³-hybridized carbons (Fsp3) is 0.222. The Morgan fingerprint density at radius 2 is 2.00 bits per heavy atom. The van der Waals surface area contributed by atoms with E-state index in [0.29, 0.717) is 11.4 Å². The van der Waals surface area contributed by atoms with Gasteiger partial charge in [-0.05, 0) is 31.2 Å². The molecule has 3 N–H and O–H groups in total. The van der Waals surface area contributed by atoms with Crippen molar-refractivity contribution in [3.05, 3.63) is 58.1 Å². The summed E-state index contributed by atoms with van der Waals surface area (Å²) in [5, 5.41) is 13.7. The van der Waals surface area contributed by atoms with Gasteiger partial charge in [-0.2, -0.15) is 0 Å². The van der Waals surface area contributed by atoms with Crippen LogP contribution in [-0.4, -0.2) is 41.8 Å². The van der Waals surface area contributed by atoms with E-state index < -0.39 is 16.7 Å². The zero-order chi connectivity index (χ0) is 20.0. The number of benzene rings is 2. The number of ether oxygens (including phenoxy) is 1. The Morgan fingerprint density at radius 1 is 1.26 bits per heavy atom. The van der Waals surface area contributed by atoms with Gasteiger partial charge in [0.1, 0.15) is 18.0 Å². The lowest BCUT2D eigenvalue weighted by molar-refractivity contribution is -0.383. The molecule has 0 heterocycles. The summed E-state index contributed by atoms with van der Waals surface area (Å²) in [4.78, 5) is 36.5. The Balaban J connectivity index is 2.11. The van der Waals surface area contributed by atoms with Crippen molar-refractivity contribution in [1.82, 2.24) is 4.90 Å². The number of nitrogens with zero attached hydrogens (tertiary/aromatic N) is 2. The predicted molar refractivity (Wildman–Crippen MR) is 101 cm³/mol. The van der Waals surface area contributed by atoms with Crippen LogP contribution in [0.25, 0.3) is 0 Å². The summed E-state index contributed by atoms with van der Waals surface area (Å²) in [7, 11) is 1.52. The van der Waals surface area contributed by atoms with Gasteiger partial charge in [0, 0.05) is 29.9 Å². The van der Waals surface area contributed by atoms with Crippen LogP contribution in [0, 0.1) is 10.1 Å². The molecule has 2 rings (SSSR count). The number of hydrogen-bond donors (Lipinski definition) is 2. The third kappa shape index (κ3) is 4.94. The first-order valence-corrected chi connectivity index (χ1v) is 8.12. The number of nitro benzene ring substituents is 1. The Morgan fingerprint density at radius 3 is 2.63 bits per heavy atom. The number of rotatable bonds is 7. The number of amides is 2. The maximum Gasteiger partial charge on any atom is 0.292 e. The van der Waals surface area contributed by atoms with Crippen LogP contribution in [0.3, 0.4) is 0 Å². The number of nitrogens with two attached hydrogens (primary N) is 1. The first-order chi connectivity index (χ1) is 12.8. The van der Waals surface area contributed by atoms with Crippen LogP contribution in [-0.2, 0) is 4.79 Å². The number of carbonyl (C=O) groups is 2. The quantitative estimate of drug-likeness (QED) is 0.436. The summed E-state index contributed by atoms with van der Waals surface area (Å²) in [6, 6.07) is 10.6. The van der Waals surface area contributed by atoms with Gasteiger partial charge in [0.05, 0.1) is 12.0 Å². The van der Waals surface area contributed by atoms with Crippen molar-refractivity contribution in [2.24, 2.45) is 0 Å². The molecule has 0 bridgehead atoms. The van der Waals surface area contributed by atoms with Gasteiger partial charge in [0.2, 0.25) is 5.91 Å². The molecule has 0 saturated carbocycles. The van der Waals surface area contributed by atoms with E-state index in [4.69, 9.17) is 10.5 Å². The van der Waals surface area contributed by atoms with Crippen LogP contribution in [0.1, 0.15) is 17.3 Å². The van der Waals surface area contributed by atoms with Gasteiger partial charge in [0.15, 0.2) is 0 Å². The third-order valence-electron chi connectivity index (χ3n) is 3.83. The van der Waals surface area contributed by atoms with E-state index in [9.17, 15) is 19.7 Å². The highest BCUT2D eigenvalue weighted by molar-refractivity contribution is 6.00. The molecule has 0 fully saturated rings. The van der Waals surface area contributed by atoms with Crippen LogP contribution in [0.15, 0.2) is 42.5 Å². The molecule has 0 unspecified atom stereocenters. The summed E-state index contributed by atoms with van der Waals surface area (Å²) in [5.74, 6) is -0.310. The van der Waals surface area contributed by atoms with Crippen LogP contribution in [0.4, 0.5) is 17.1 Å². The molecule has 9 heteroatoms. The summed E-state index contributed by atoms with van der Waals surface area (Å²) in [6.45, 7) is 1.76. The average Bonchev–Trinajstić information content (AvgIpc) is 2.65. The van der Waals surface area contributed by atoms with Crippen LogP contribution >= 0.6 is 0 Å². The Labute approximate surface area is 155 Å². The Kier molecular flexibility index (Phi) is 6.32. The first kappa shape index (κ1) is 19.7. The van der Waals surface area contributed by atoms with E-state index in [0.717, 1.165) is 6.07 Å². The van der Waals surface area contributed by atoms with Crippen molar-refractivity contribution in [3.8, 4) is 5.75 Å². The molecule has 2 aromatic carbocycles. The van der Waals surface area contributed by atoms with E-state index >= 15 is 0 Å². The van der Waals surface area contributed by atoms with E-state index in [2.05, 4.69) is 5.32 Å². The van der Waals surface area contributed by atoms with Gasteiger partial charge in [-0.3, -0.25) is 19.7 Å². The minimum absolute atomic E-state index is 0.0321. The smallest absolute Gasteiger partial charge is 0.292 e. The predicted octanol–water partition coefficient (Wildman–Crippen LogP) is 2.29. The van der Waals surface area contributed by atoms with Crippen LogP contribution in [0.5, 0.6) is 5.75 Å². The maximum absolute atomic E-state index is 12.6. The number of anilines is 2.